The third-order valence-corrected chi connectivity index (χ3v) is 3.55. The topological polar surface area (TPSA) is 67.8 Å². The maximum atomic E-state index is 11.7. The molecule has 1 heterocycles. The number of benzene rings is 2. The van der Waals surface area contributed by atoms with Crippen LogP contribution in [0, 0.1) is 0 Å². The lowest BCUT2D eigenvalue weighted by Crippen LogP contribution is -2.30. The Morgan fingerprint density at radius 2 is 1.91 bits per heavy atom. The van der Waals surface area contributed by atoms with Gasteiger partial charge in [0.2, 0.25) is 0 Å². The van der Waals surface area contributed by atoms with Crippen LogP contribution in [0.3, 0.4) is 0 Å². The Kier molecular flexibility index (Phi) is 4.41. The lowest BCUT2D eigenvalue weighted by molar-refractivity contribution is 0.129. The van der Waals surface area contributed by atoms with Gasteiger partial charge in [-0.3, -0.25) is 0 Å². The predicted molar refractivity (Wildman–Crippen MR) is 82.5 cm³/mol. The van der Waals surface area contributed by atoms with E-state index in [4.69, 9.17) is 9.39 Å². The van der Waals surface area contributed by atoms with Gasteiger partial charge in [0.05, 0.1) is 6.10 Å². The van der Waals surface area contributed by atoms with Gasteiger partial charge in [0.1, 0.15) is 6.61 Å². The van der Waals surface area contributed by atoms with Gasteiger partial charge >= 0.3 is 13.2 Å². The summed E-state index contributed by atoms with van der Waals surface area (Å²) in [6, 6.07) is 16.9. The van der Waals surface area contributed by atoms with E-state index in [0.717, 1.165) is 16.6 Å². The van der Waals surface area contributed by atoms with Gasteiger partial charge in [-0.25, -0.2) is 4.79 Å². The number of hydrogen-bond acceptors (Lipinski definition) is 4. The van der Waals surface area contributed by atoms with E-state index in [2.05, 4.69) is 5.32 Å². The van der Waals surface area contributed by atoms with Gasteiger partial charge in [0.15, 0.2) is 0 Å². The normalized spacial score (nSPS) is 16.2. The number of rotatable bonds is 4. The molecule has 1 aliphatic rings. The van der Waals surface area contributed by atoms with Gasteiger partial charge in [0.25, 0.3) is 0 Å². The fourth-order valence-corrected chi connectivity index (χ4v) is 2.44. The van der Waals surface area contributed by atoms with Crippen LogP contribution in [-0.2, 0) is 16.0 Å². The zero-order valence-corrected chi connectivity index (χ0v) is 11.9. The molecular weight excluding hydrogens is 281 g/mol. The summed E-state index contributed by atoms with van der Waals surface area (Å²) in [6.45, 7) is 0.471. The van der Waals surface area contributed by atoms with Crippen LogP contribution in [0.15, 0.2) is 54.6 Å². The van der Waals surface area contributed by atoms with Gasteiger partial charge in [-0.2, -0.15) is 0 Å². The molecule has 0 saturated heterocycles. The molecule has 1 atom stereocenters. The molecule has 1 amide bonds. The minimum Gasteiger partial charge on any atom is -0.445 e. The highest BCUT2D eigenvalue weighted by molar-refractivity contribution is 6.61. The quantitative estimate of drug-likeness (QED) is 0.836. The van der Waals surface area contributed by atoms with Crippen molar-refractivity contribution in [2.75, 3.05) is 6.54 Å². The van der Waals surface area contributed by atoms with Crippen LogP contribution in [-0.4, -0.2) is 24.8 Å². The first-order chi connectivity index (χ1) is 10.7. The molecule has 2 aromatic carbocycles. The van der Waals surface area contributed by atoms with Crippen molar-refractivity contribution in [2.24, 2.45) is 0 Å². The SMILES string of the molecule is O=C(NCC1OB(O)c2ccccc21)OCc1ccccc1. The maximum Gasteiger partial charge on any atom is 0.492 e. The molecule has 0 spiro atoms. The molecule has 0 radical (unpaired) electrons. The smallest absolute Gasteiger partial charge is 0.445 e. The standard InChI is InChI=1S/C16H16BNO4/c19-16(21-11-12-6-2-1-3-7-12)18-10-15-13-8-4-5-9-14(13)17(20)22-15/h1-9,15,20H,10-11H2,(H,18,19). The van der Waals surface area contributed by atoms with E-state index in [0.29, 0.717) is 0 Å². The highest BCUT2D eigenvalue weighted by Crippen LogP contribution is 2.22. The molecule has 0 saturated carbocycles. The molecule has 5 nitrogen and oxygen atoms in total. The number of carbonyl (C=O) groups excluding carboxylic acids is 1. The fourth-order valence-electron chi connectivity index (χ4n) is 2.44. The molecule has 3 rings (SSSR count). The largest absolute Gasteiger partial charge is 0.492 e. The number of amides is 1. The van der Waals surface area contributed by atoms with Crippen molar-refractivity contribution in [3.8, 4) is 0 Å². The van der Waals surface area contributed by atoms with Gasteiger partial charge in [0, 0.05) is 6.54 Å². The zero-order chi connectivity index (χ0) is 15.4. The molecule has 0 fully saturated rings. The lowest BCUT2D eigenvalue weighted by Gasteiger charge is -2.13. The van der Waals surface area contributed by atoms with Crippen molar-refractivity contribution >= 4 is 18.7 Å². The van der Waals surface area contributed by atoms with E-state index in [1.165, 1.54) is 0 Å². The van der Waals surface area contributed by atoms with Crippen LogP contribution in [0.4, 0.5) is 4.79 Å². The molecule has 1 aliphatic heterocycles. The van der Waals surface area contributed by atoms with Gasteiger partial charge in [-0.05, 0) is 16.6 Å². The zero-order valence-electron chi connectivity index (χ0n) is 11.9. The third-order valence-electron chi connectivity index (χ3n) is 3.55. The second kappa shape index (κ2) is 6.64. The molecule has 112 valence electrons. The van der Waals surface area contributed by atoms with Crippen LogP contribution in [0.1, 0.15) is 17.2 Å². The third kappa shape index (κ3) is 3.29. The molecular formula is C16H16BNO4. The van der Waals surface area contributed by atoms with E-state index in [9.17, 15) is 9.82 Å². The van der Waals surface area contributed by atoms with Gasteiger partial charge < -0.3 is 19.7 Å². The first-order valence-electron chi connectivity index (χ1n) is 7.11. The highest BCUT2D eigenvalue weighted by Gasteiger charge is 2.34. The number of fused-ring (bicyclic) bond motifs is 1. The van der Waals surface area contributed by atoms with Crippen molar-refractivity contribution in [3.05, 3.63) is 65.7 Å². The molecule has 2 N–H and O–H groups in total. The minimum absolute atomic E-state index is 0.220. The molecule has 2 aromatic rings. The van der Waals surface area contributed by atoms with E-state index in [1.54, 1.807) is 0 Å². The summed E-state index contributed by atoms with van der Waals surface area (Å²) in [6.07, 6.45) is -0.873. The minimum atomic E-state index is -0.941. The highest BCUT2D eigenvalue weighted by atomic mass is 16.6. The number of alkyl carbamates (subject to hydrolysis) is 1. The van der Waals surface area contributed by atoms with Gasteiger partial charge in [-0.15, -0.1) is 0 Å². The molecule has 6 heteroatoms. The molecule has 1 unspecified atom stereocenters. The monoisotopic (exact) mass is 297 g/mol. The van der Waals surface area contributed by atoms with Crippen LogP contribution in [0.25, 0.3) is 0 Å². The van der Waals surface area contributed by atoms with Crippen molar-refractivity contribution in [3.63, 3.8) is 0 Å². The van der Waals surface area contributed by atoms with E-state index < -0.39 is 13.2 Å². The summed E-state index contributed by atoms with van der Waals surface area (Å²) in [5, 5.41) is 12.5. The summed E-state index contributed by atoms with van der Waals surface area (Å²) in [5.41, 5.74) is 2.56. The second-order valence-electron chi connectivity index (χ2n) is 5.05. The second-order valence-corrected chi connectivity index (χ2v) is 5.05. The lowest BCUT2D eigenvalue weighted by atomic mass is 9.79. The Hall–Kier alpha value is -2.31. The summed E-state index contributed by atoms with van der Waals surface area (Å²) >= 11 is 0. The average molecular weight is 297 g/mol. The number of hydrogen-bond donors (Lipinski definition) is 2. The first-order valence-corrected chi connectivity index (χ1v) is 7.11. The number of nitrogens with one attached hydrogen (secondary N) is 1. The Labute approximate surface area is 129 Å². The van der Waals surface area contributed by atoms with Crippen LogP contribution in [0.2, 0.25) is 0 Å². The molecule has 22 heavy (non-hydrogen) atoms. The number of carbonyl (C=O) groups is 1. The number of ether oxygens (including phenoxy) is 1. The summed E-state index contributed by atoms with van der Waals surface area (Å²) in [4.78, 5) is 11.7. The predicted octanol–water partition coefficient (Wildman–Crippen LogP) is 1.37. The van der Waals surface area contributed by atoms with Crippen molar-refractivity contribution in [2.45, 2.75) is 12.7 Å². The first kappa shape index (κ1) is 14.6. The van der Waals surface area contributed by atoms with Gasteiger partial charge in [-0.1, -0.05) is 54.6 Å². The van der Waals surface area contributed by atoms with E-state index >= 15 is 0 Å². The van der Waals surface area contributed by atoms with E-state index in [1.807, 2.05) is 54.6 Å². The van der Waals surface area contributed by atoms with E-state index in [-0.39, 0.29) is 19.3 Å². The molecule has 0 aromatic heterocycles. The fraction of sp³-hybridized carbons (Fsp3) is 0.188. The van der Waals surface area contributed by atoms with Crippen LogP contribution >= 0.6 is 0 Å². The molecule has 0 bridgehead atoms. The van der Waals surface area contributed by atoms with Crippen molar-refractivity contribution in [1.82, 2.24) is 5.32 Å². The Morgan fingerprint density at radius 1 is 1.18 bits per heavy atom. The van der Waals surface area contributed by atoms with Crippen molar-refractivity contribution < 1.29 is 19.2 Å². The Balaban J connectivity index is 1.50. The summed E-state index contributed by atoms with van der Waals surface area (Å²) in [7, 11) is -0.941. The Morgan fingerprint density at radius 3 is 2.73 bits per heavy atom. The summed E-state index contributed by atoms with van der Waals surface area (Å²) in [5.74, 6) is 0. The molecule has 0 aliphatic carbocycles. The Bertz CT molecular complexity index is 650. The van der Waals surface area contributed by atoms with Crippen LogP contribution in [0.5, 0.6) is 0 Å². The maximum absolute atomic E-state index is 11.7. The van der Waals surface area contributed by atoms with Crippen LogP contribution < -0.4 is 10.8 Å². The summed E-state index contributed by atoms with van der Waals surface area (Å²) < 4.78 is 10.6. The van der Waals surface area contributed by atoms with Crippen molar-refractivity contribution in [1.29, 1.82) is 0 Å². The average Bonchev–Trinajstić information content (AvgIpc) is 2.89.